The van der Waals surface area contributed by atoms with Crippen LogP contribution in [0.4, 0.5) is 0 Å². The molecule has 0 bridgehead atoms. The van der Waals surface area contributed by atoms with Gasteiger partial charge in [0.15, 0.2) is 11.3 Å². The minimum Gasteiger partial charge on any atom is -0.349 e. The van der Waals surface area contributed by atoms with Crippen LogP contribution in [0.3, 0.4) is 0 Å². The molecule has 0 aromatic carbocycles. The Morgan fingerprint density at radius 3 is 2.89 bits per heavy atom. The predicted octanol–water partition coefficient (Wildman–Crippen LogP) is 0.801. The number of hydrogen-bond acceptors (Lipinski definition) is 4. The molecule has 0 radical (unpaired) electrons. The van der Waals surface area contributed by atoms with Gasteiger partial charge < -0.3 is 10.2 Å². The van der Waals surface area contributed by atoms with Crippen LogP contribution in [0.2, 0.25) is 0 Å². The summed E-state index contributed by atoms with van der Waals surface area (Å²) in [6.45, 7) is 7.68. The second-order valence-electron chi connectivity index (χ2n) is 4.23. The largest absolute Gasteiger partial charge is 0.349 e. The first-order valence-electron chi connectivity index (χ1n) is 6.55. The maximum absolute atomic E-state index is 11.9. The Labute approximate surface area is 112 Å². The molecule has 0 aliphatic heterocycles. The molecule has 6 nitrogen and oxygen atoms in total. The van der Waals surface area contributed by atoms with Gasteiger partial charge in [-0.05, 0) is 19.2 Å². The number of amides is 1. The number of likely N-dealkylation sites (N-methyl/N-ethyl adjacent to an activating group) is 1. The van der Waals surface area contributed by atoms with E-state index in [2.05, 4.69) is 34.1 Å². The van der Waals surface area contributed by atoms with Crippen molar-refractivity contribution in [1.29, 1.82) is 0 Å². The quantitative estimate of drug-likeness (QED) is 0.835. The van der Waals surface area contributed by atoms with Crippen molar-refractivity contribution in [3.05, 3.63) is 30.2 Å². The molecule has 2 aromatic rings. The third-order valence-electron chi connectivity index (χ3n) is 3.08. The van der Waals surface area contributed by atoms with Crippen molar-refractivity contribution in [3.8, 4) is 0 Å². The second kappa shape index (κ2) is 6.29. The van der Waals surface area contributed by atoms with Gasteiger partial charge in [-0.25, -0.2) is 9.50 Å². The molecule has 0 saturated heterocycles. The monoisotopic (exact) mass is 261 g/mol. The molecule has 102 valence electrons. The van der Waals surface area contributed by atoms with Crippen molar-refractivity contribution >= 4 is 11.6 Å². The van der Waals surface area contributed by atoms with Gasteiger partial charge in [0.05, 0.1) is 0 Å². The molecule has 6 heteroatoms. The molecule has 0 atom stereocenters. The second-order valence-corrected chi connectivity index (χ2v) is 4.23. The average molecular weight is 261 g/mol. The first-order valence-corrected chi connectivity index (χ1v) is 6.55. The van der Waals surface area contributed by atoms with Gasteiger partial charge in [0, 0.05) is 31.5 Å². The van der Waals surface area contributed by atoms with Crippen molar-refractivity contribution in [2.45, 2.75) is 13.8 Å². The maximum Gasteiger partial charge on any atom is 0.271 e. The first kappa shape index (κ1) is 13.5. The molecule has 0 aliphatic carbocycles. The van der Waals surface area contributed by atoms with Gasteiger partial charge in [0.1, 0.15) is 0 Å². The molecule has 1 N–H and O–H groups in total. The minimum absolute atomic E-state index is 0.155. The Bertz CT molecular complexity index is 514. The van der Waals surface area contributed by atoms with Crippen LogP contribution in [0.15, 0.2) is 24.5 Å². The molecular formula is C13H19N5O. The van der Waals surface area contributed by atoms with Crippen LogP contribution in [0, 0.1) is 0 Å². The van der Waals surface area contributed by atoms with Crippen LogP contribution in [0.25, 0.3) is 5.65 Å². The number of fused-ring (bicyclic) bond motifs is 1. The van der Waals surface area contributed by atoms with E-state index in [4.69, 9.17) is 0 Å². The topological polar surface area (TPSA) is 62.5 Å². The average Bonchev–Trinajstić information content (AvgIpc) is 2.87. The van der Waals surface area contributed by atoms with Gasteiger partial charge in [0.25, 0.3) is 5.91 Å². The van der Waals surface area contributed by atoms with E-state index in [1.807, 2.05) is 0 Å². The van der Waals surface area contributed by atoms with E-state index < -0.39 is 0 Å². The summed E-state index contributed by atoms with van der Waals surface area (Å²) in [5.41, 5.74) is 1.08. The van der Waals surface area contributed by atoms with E-state index >= 15 is 0 Å². The zero-order valence-corrected chi connectivity index (χ0v) is 11.3. The van der Waals surface area contributed by atoms with E-state index in [0.29, 0.717) is 17.9 Å². The molecule has 0 saturated carbocycles. The van der Waals surface area contributed by atoms with Gasteiger partial charge in [-0.1, -0.05) is 13.8 Å². The molecule has 2 aromatic heterocycles. The van der Waals surface area contributed by atoms with E-state index in [0.717, 1.165) is 19.6 Å². The number of nitrogens with zero attached hydrogens (tertiary/aromatic N) is 4. The lowest BCUT2D eigenvalue weighted by atomic mass is 10.4. The maximum atomic E-state index is 11.9. The Hall–Kier alpha value is -1.95. The van der Waals surface area contributed by atoms with Crippen LogP contribution in [-0.4, -0.2) is 51.6 Å². The van der Waals surface area contributed by atoms with E-state index in [-0.39, 0.29) is 5.91 Å². The Morgan fingerprint density at radius 1 is 1.42 bits per heavy atom. The van der Waals surface area contributed by atoms with Crippen LogP contribution >= 0.6 is 0 Å². The number of carbonyl (C=O) groups is 1. The summed E-state index contributed by atoms with van der Waals surface area (Å²) in [5.74, 6) is -0.155. The standard InChI is InChI=1S/C13H19N5O/c1-3-17(4-2)9-7-15-13(19)11-10-12-14-6-5-8-18(12)16-11/h5-6,8,10H,3-4,7,9H2,1-2H3,(H,15,19). The highest BCUT2D eigenvalue weighted by Gasteiger charge is 2.10. The molecule has 1 amide bonds. The number of nitrogens with one attached hydrogen (secondary N) is 1. The Kier molecular flexibility index (Phi) is 4.46. The number of hydrogen-bond donors (Lipinski definition) is 1. The smallest absolute Gasteiger partial charge is 0.271 e. The number of rotatable bonds is 6. The normalized spacial score (nSPS) is 11.1. The summed E-state index contributed by atoms with van der Waals surface area (Å²) in [4.78, 5) is 18.3. The highest BCUT2D eigenvalue weighted by atomic mass is 16.1. The molecule has 0 spiro atoms. The highest BCUT2D eigenvalue weighted by Crippen LogP contribution is 2.02. The summed E-state index contributed by atoms with van der Waals surface area (Å²) in [7, 11) is 0. The SMILES string of the molecule is CCN(CC)CCNC(=O)c1cc2ncccn2n1. The summed E-state index contributed by atoms with van der Waals surface area (Å²) >= 11 is 0. The van der Waals surface area contributed by atoms with Crippen molar-refractivity contribution in [2.24, 2.45) is 0 Å². The fourth-order valence-corrected chi connectivity index (χ4v) is 1.90. The molecule has 2 heterocycles. The molecule has 19 heavy (non-hydrogen) atoms. The summed E-state index contributed by atoms with van der Waals surface area (Å²) in [6, 6.07) is 3.47. The van der Waals surface area contributed by atoms with E-state index in [9.17, 15) is 4.79 Å². The lowest BCUT2D eigenvalue weighted by Crippen LogP contribution is -2.34. The van der Waals surface area contributed by atoms with Crippen molar-refractivity contribution < 1.29 is 4.79 Å². The van der Waals surface area contributed by atoms with Gasteiger partial charge in [-0.2, -0.15) is 5.10 Å². The van der Waals surface area contributed by atoms with Crippen LogP contribution in [0.1, 0.15) is 24.3 Å². The van der Waals surface area contributed by atoms with Gasteiger partial charge >= 0.3 is 0 Å². The third kappa shape index (κ3) is 3.29. The molecule has 2 rings (SSSR count). The van der Waals surface area contributed by atoms with Crippen molar-refractivity contribution in [1.82, 2.24) is 24.8 Å². The Balaban J connectivity index is 1.92. The molecule has 0 fully saturated rings. The molecular weight excluding hydrogens is 242 g/mol. The zero-order chi connectivity index (χ0) is 13.7. The van der Waals surface area contributed by atoms with Gasteiger partial charge in [0.2, 0.25) is 0 Å². The first-order chi connectivity index (χ1) is 9.24. The number of aromatic nitrogens is 3. The lowest BCUT2D eigenvalue weighted by molar-refractivity contribution is 0.0943. The summed E-state index contributed by atoms with van der Waals surface area (Å²) in [5, 5.41) is 7.05. The fraction of sp³-hybridized carbons (Fsp3) is 0.462. The van der Waals surface area contributed by atoms with Crippen molar-refractivity contribution in [2.75, 3.05) is 26.2 Å². The van der Waals surface area contributed by atoms with Crippen LogP contribution in [-0.2, 0) is 0 Å². The number of carbonyl (C=O) groups excluding carboxylic acids is 1. The highest BCUT2D eigenvalue weighted by molar-refractivity contribution is 5.93. The zero-order valence-electron chi connectivity index (χ0n) is 11.3. The van der Waals surface area contributed by atoms with Crippen LogP contribution < -0.4 is 5.32 Å². The van der Waals surface area contributed by atoms with Gasteiger partial charge in [-0.15, -0.1) is 0 Å². The third-order valence-corrected chi connectivity index (χ3v) is 3.08. The summed E-state index contributed by atoms with van der Waals surface area (Å²) in [6.07, 6.45) is 3.45. The Morgan fingerprint density at radius 2 is 2.21 bits per heavy atom. The molecule has 0 aliphatic rings. The summed E-state index contributed by atoms with van der Waals surface area (Å²) < 4.78 is 1.60. The van der Waals surface area contributed by atoms with E-state index in [1.54, 1.807) is 29.0 Å². The van der Waals surface area contributed by atoms with Crippen molar-refractivity contribution in [3.63, 3.8) is 0 Å². The predicted molar refractivity (Wildman–Crippen MR) is 73.1 cm³/mol. The fourth-order valence-electron chi connectivity index (χ4n) is 1.90. The minimum atomic E-state index is -0.155. The lowest BCUT2D eigenvalue weighted by Gasteiger charge is -2.17. The molecule has 0 unspecified atom stereocenters. The van der Waals surface area contributed by atoms with Crippen LogP contribution in [0.5, 0.6) is 0 Å². The van der Waals surface area contributed by atoms with Gasteiger partial charge in [-0.3, -0.25) is 4.79 Å². The van der Waals surface area contributed by atoms with E-state index in [1.165, 1.54) is 0 Å².